The van der Waals surface area contributed by atoms with Crippen LogP contribution in [0.1, 0.15) is 12.8 Å². The summed E-state index contributed by atoms with van der Waals surface area (Å²) in [7, 11) is 1.57. The third kappa shape index (κ3) is 3.98. The van der Waals surface area contributed by atoms with Crippen LogP contribution < -0.4 is 19.7 Å². The summed E-state index contributed by atoms with van der Waals surface area (Å²) in [5.74, 6) is 0.967. The van der Waals surface area contributed by atoms with Gasteiger partial charge in [-0.2, -0.15) is 0 Å². The van der Waals surface area contributed by atoms with E-state index in [1.807, 2.05) is 36.4 Å². The minimum atomic E-state index is -0.199. The Morgan fingerprint density at radius 3 is 2.38 bits per heavy atom. The predicted octanol–water partition coefficient (Wildman–Crippen LogP) is 3.31. The number of nitrogens with zero attached hydrogens (tertiary/aromatic N) is 1. The number of hydrogen-bond acceptors (Lipinski definition) is 4. The van der Waals surface area contributed by atoms with E-state index in [9.17, 15) is 4.79 Å². The van der Waals surface area contributed by atoms with Gasteiger partial charge in [-0.25, -0.2) is 0 Å². The van der Waals surface area contributed by atoms with E-state index in [-0.39, 0.29) is 12.5 Å². The molecule has 0 unspecified atom stereocenters. The van der Waals surface area contributed by atoms with Crippen LogP contribution in [-0.4, -0.2) is 32.7 Å². The van der Waals surface area contributed by atoms with E-state index in [4.69, 9.17) is 9.47 Å². The molecule has 1 saturated heterocycles. The highest BCUT2D eigenvalue weighted by atomic mass is 16.5. The van der Waals surface area contributed by atoms with Crippen molar-refractivity contribution in [2.45, 2.75) is 12.8 Å². The number of nitrogens with one attached hydrogen (secondary N) is 1. The van der Waals surface area contributed by atoms with Gasteiger partial charge >= 0.3 is 0 Å². The van der Waals surface area contributed by atoms with Gasteiger partial charge in [0.2, 0.25) is 0 Å². The summed E-state index contributed by atoms with van der Waals surface area (Å²) < 4.78 is 10.7. The maximum Gasteiger partial charge on any atom is 0.262 e. The number of amides is 1. The second-order valence-electron chi connectivity index (χ2n) is 5.73. The molecule has 1 fully saturated rings. The Kier molecular flexibility index (Phi) is 5.21. The van der Waals surface area contributed by atoms with Crippen LogP contribution in [0.25, 0.3) is 0 Å². The molecule has 1 aliphatic rings. The molecule has 0 aliphatic carbocycles. The summed E-state index contributed by atoms with van der Waals surface area (Å²) in [5.41, 5.74) is 1.97. The van der Waals surface area contributed by atoms with E-state index in [0.717, 1.165) is 18.8 Å². The minimum Gasteiger partial charge on any atom is -0.493 e. The van der Waals surface area contributed by atoms with Crippen molar-refractivity contribution in [3.05, 3.63) is 48.5 Å². The minimum absolute atomic E-state index is 0.0613. The van der Waals surface area contributed by atoms with Crippen molar-refractivity contribution in [1.82, 2.24) is 0 Å². The zero-order valence-corrected chi connectivity index (χ0v) is 13.8. The van der Waals surface area contributed by atoms with Crippen molar-refractivity contribution in [3.63, 3.8) is 0 Å². The van der Waals surface area contributed by atoms with Gasteiger partial charge < -0.3 is 19.7 Å². The molecule has 5 nitrogen and oxygen atoms in total. The normalized spacial score (nSPS) is 13.6. The average molecular weight is 326 g/mol. The lowest BCUT2D eigenvalue weighted by Crippen LogP contribution is -2.20. The number of carbonyl (C=O) groups is 1. The van der Waals surface area contributed by atoms with Gasteiger partial charge in [0, 0.05) is 24.5 Å². The monoisotopic (exact) mass is 326 g/mol. The van der Waals surface area contributed by atoms with E-state index in [0.29, 0.717) is 11.5 Å². The van der Waals surface area contributed by atoms with Crippen LogP contribution in [0.3, 0.4) is 0 Å². The molecule has 126 valence electrons. The first-order valence-corrected chi connectivity index (χ1v) is 8.17. The Balaban J connectivity index is 1.53. The fraction of sp³-hybridized carbons (Fsp3) is 0.316. The Morgan fingerprint density at radius 1 is 1.04 bits per heavy atom. The number of anilines is 2. The molecule has 0 atom stereocenters. The number of benzene rings is 2. The van der Waals surface area contributed by atoms with Gasteiger partial charge in [0.05, 0.1) is 7.11 Å². The van der Waals surface area contributed by atoms with Crippen LogP contribution in [-0.2, 0) is 4.79 Å². The molecular weight excluding hydrogens is 304 g/mol. The lowest BCUT2D eigenvalue weighted by atomic mass is 10.2. The first kappa shape index (κ1) is 16.2. The number of ether oxygens (including phenoxy) is 2. The van der Waals surface area contributed by atoms with Gasteiger partial charge in [-0.3, -0.25) is 4.79 Å². The van der Waals surface area contributed by atoms with E-state index in [1.54, 1.807) is 19.2 Å². The zero-order chi connectivity index (χ0) is 16.8. The van der Waals surface area contributed by atoms with Gasteiger partial charge in [-0.05, 0) is 49.2 Å². The second kappa shape index (κ2) is 7.73. The van der Waals surface area contributed by atoms with E-state index in [2.05, 4.69) is 10.2 Å². The summed E-state index contributed by atoms with van der Waals surface area (Å²) in [4.78, 5) is 14.4. The molecule has 1 N–H and O–H groups in total. The molecule has 0 spiro atoms. The maximum absolute atomic E-state index is 12.0. The van der Waals surface area contributed by atoms with Gasteiger partial charge in [0.1, 0.15) is 0 Å². The highest BCUT2D eigenvalue weighted by Gasteiger charge is 2.12. The highest BCUT2D eigenvalue weighted by molar-refractivity contribution is 5.92. The molecule has 5 heteroatoms. The topological polar surface area (TPSA) is 50.8 Å². The number of carbonyl (C=O) groups excluding carboxylic acids is 1. The lowest BCUT2D eigenvalue weighted by Gasteiger charge is -2.17. The molecular formula is C19H22N2O3. The lowest BCUT2D eigenvalue weighted by molar-refractivity contribution is -0.118. The van der Waals surface area contributed by atoms with Crippen molar-refractivity contribution >= 4 is 17.3 Å². The Hall–Kier alpha value is -2.69. The highest BCUT2D eigenvalue weighted by Crippen LogP contribution is 2.26. The smallest absolute Gasteiger partial charge is 0.262 e. The summed E-state index contributed by atoms with van der Waals surface area (Å²) >= 11 is 0. The number of hydrogen-bond donors (Lipinski definition) is 1. The summed E-state index contributed by atoms with van der Waals surface area (Å²) in [6, 6.07) is 15.2. The molecule has 1 amide bonds. The van der Waals surface area contributed by atoms with Gasteiger partial charge in [0.15, 0.2) is 18.1 Å². The quantitative estimate of drug-likeness (QED) is 0.885. The molecule has 2 aromatic rings. The van der Waals surface area contributed by atoms with Crippen molar-refractivity contribution in [3.8, 4) is 11.5 Å². The molecule has 0 radical (unpaired) electrons. The van der Waals surface area contributed by atoms with Crippen LogP contribution in [0, 0.1) is 0 Å². The van der Waals surface area contributed by atoms with E-state index in [1.165, 1.54) is 18.5 Å². The second-order valence-corrected chi connectivity index (χ2v) is 5.73. The van der Waals surface area contributed by atoms with Crippen LogP contribution in [0.4, 0.5) is 11.4 Å². The Bertz CT molecular complexity index is 679. The molecule has 1 heterocycles. The number of rotatable bonds is 6. The molecule has 0 aromatic heterocycles. The third-order valence-electron chi connectivity index (χ3n) is 4.05. The summed E-state index contributed by atoms with van der Waals surface area (Å²) in [6.07, 6.45) is 2.50. The molecule has 3 rings (SSSR count). The summed E-state index contributed by atoms with van der Waals surface area (Å²) in [6.45, 7) is 2.16. The van der Waals surface area contributed by atoms with Crippen molar-refractivity contribution in [1.29, 1.82) is 0 Å². The van der Waals surface area contributed by atoms with E-state index >= 15 is 0 Å². The molecule has 24 heavy (non-hydrogen) atoms. The number of para-hydroxylation sites is 2. The van der Waals surface area contributed by atoms with Crippen LogP contribution >= 0.6 is 0 Å². The van der Waals surface area contributed by atoms with E-state index < -0.39 is 0 Å². The zero-order valence-electron chi connectivity index (χ0n) is 13.8. The van der Waals surface area contributed by atoms with Crippen molar-refractivity contribution in [2.24, 2.45) is 0 Å². The largest absolute Gasteiger partial charge is 0.493 e. The Morgan fingerprint density at radius 2 is 1.71 bits per heavy atom. The molecule has 0 saturated carbocycles. The van der Waals surface area contributed by atoms with Crippen molar-refractivity contribution in [2.75, 3.05) is 37.0 Å². The standard InChI is InChI=1S/C19H22N2O3/c1-23-17-6-2-3-7-18(17)24-14-19(22)20-15-8-10-16(11-9-15)21-12-4-5-13-21/h2-3,6-11H,4-5,12-14H2,1H3,(H,20,22). The Labute approximate surface area is 142 Å². The van der Waals surface area contributed by atoms with Gasteiger partial charge in [-0.1, -0.05) is 12.1 Å². The molecule has 2 aromatic carbocycles. The fourth-order valence-electron chi connectivity index (χ4n) is 2.81. The SMILES string of the molecule is COc1ccccc1OCC(=O)Nc1ccc(N2CCCC2)cc1. The fourth-order valence-corrected chi connectivity index (χ4v) is 2.81. The van der Waals surface area contributed by atoms with Crippen LogP contribution in [0.15, 0.2) is 48.5 Å². The summed E-state index contributed by atoms with van der Waals surface area (Å²) in [5, 5.41) is 2.84. The predicted molar refractivity (Wildman–Crippen MR) is 95.0 cm³/mol. The van der Waals surface area contributed by atoms with Gasteiger partial charge in [0.25, 0.3) is 5.91 Å². The first-order chi connectivity index (χ1) is 11.8. The third-order valence-corrected chi connectivity index (χ3v) is 4.05. The molecule has 1 aliphatic heterocycles. The van der Waals surface area contributed by atoms with Gasteiger partial charge in [-0.15, -0.1) is 0 Å². The van der Waals surface area contributed by atoms with Crippen LogP contribution in [0.2, 0.25) is 0 Å². The molecule has 0 bridgehead atoms. The van der Waals surface area contributed by atoms with Crippen LogP contribution in [0.5, 0.6) is 11.5 Å². The number of methoxy groups -OCH3 is 1. The van der Waals surface area contributed by atoms with Crippen molar-refractivity contribution < 1.29 is 14.3 Å². The average Bonchev–Trinajstić information content (AvgIpc) is 3.15. The first-order valence-electron chi connectivity index (χ1n) is 8.17. The maximum atomic E-state index is 12.0.